The number of hydrogen-bond donors (Lipinski definition) is 2. The van der Waals surface area contributed by atoms with Crippen LogP contribution in [0.3, 0.4) is 0 Å². The quantitative estimate of drug-likeness (QED) is 0.696. The van der Waals surface area contributed by atoms with Gasteiger partial charge in [0.05, 0.1) is 18.3 Å². The topological polar surface area (TPSA) is 54.0 Å². The van der Waals surface area contributed by atoms with Crippen LogP contribution >= 0.6 is 0 Å². The number of rotatable bonds is 6. The molecule has 25 heavy (non-hydrogen) atoms. The van der Waals surface area contributed by atoms with Crippen LogP contribution in [0, 0.1) is 0 Å². The van der Waals surface area contributed by atoms with Gasteiger partial charge in [-0.3, -0.25) is 4.79 Å². The Morgan fingerprint density at radius 2 is 1.72 bits per heavy atom. The first-order valence-corrected chi connectivity index (χ1v) is 8.39. The molecule has 2 aromatic carbocycles. The molecule has 0 radical (unpaired) electrons. The summed E-state index contributed by atoms with van der Waals surface area (Å²) < 4.78 is 0. The molecule has 2 N–H and O–H groups in total. The molecule has 0 aliphatic heterocycles. The Kier molecular flexibility index (Phi) is 5.42. The molecule has 126 valence electrons. The number of pyridine rings is 1. The number of carbonyl (C=O) groups is 1. The van der Waals surface area contributed by atoms with Crippen LogP contribution in [-0.2, 0) is 17.6 Å². The molecule has 0 saturated carbocycles. The second-order valence-corrected chi connectivity index (χ2v) is 5.78. The van der Waals surface area contributed by atoms with Crippen molar-refractivity contribution >= 4 is 23.1 Å². The fourth-order valence-electron chi connectivity index (χ4n) is 2.62. The summed E-state index contributed by atoms with van der Waals surface area (Å²) in [4.78, 5) is 16.4. The monoisotopic (exact) mass is 331 g/mol. The van der Waals surface area contributed by atoms with Crippen LogP contribution in [0.25, 0.3) is 0 Å². The first-order chi connectivity index (χ1) is 12.2. The summed E-state index contributed by atoms with van der Waals surface area (Å²) in [5, 5.41) is 6.19. The number of carbonyl (C=O) groups excluding carboxylic acids is 1. The third-order valence-electron chi connectivity index (χ3n) is 3.92. The van der Waals surface area contributed by atoms with Crippen molar-refractivity contribution in [2.24, 2.45) is 0 Å². The molecule has 0 aliphatic carbocycles. The average Bonchev–Trinajstić information content (AvgIpc) is 2.64. The lowest BCUT2D eigenvalue weighted by atomic mass is 10.1. The van der Waals surface area contributed by atoms with Crippen LogP contribution in [0.15, 0.2) is 72.9 Å². The van der Waals surface area contributed by atoms with Crippen LogP contribution in [0.1, 0.15) is 18.1 Å². The highest BCUT2D eigenvalue weighted by atomic mass is 16.1. The van der Waals surface area contributed by atoms with E-state index in [1.807, 2.05) is 54.6 Å². The number of hydrogen-bond acceptors (Lipinski definition) is 3. The highest BCUT2D eigenvalue weighted by Gasteiger charge is 2.05. The summed E-state index contributed by atoms with van der Waals surface area (Å²) in [5.74, 6) is 0.478. The smallest absolute Gasteiger partial charge is 0.229 e. The van der Waals surface area contributed by atoms with Crippen LogP contribution < -0.4 is 10.6 Å². The number of nitrogens with zero attached hydrogens (tertiary/aromatic N) is 1. The number of aryl methyl sites for hydroxylation is 1. The summed E-state index contributed by atoms with van der Waals surface area (Å²) in [7, 11) is 0. The van der Waals surface area contributed by atoms with Crippen molar-refractivity contribution in [3.05, 3.63) is 84.1 Å². The van der Waals surface area contributed by atoms with Crippen molar-refractivity contribution in [3.63, 3.8) is 0 Å². The van der Waals surface area contributed by atoms with Crippen molar-refractivity contribution in [2.45, 2.75) is 19.8 Å². The minimum absolute atomic E-state index is 0.0734. The first kappa shape index (κ1) is 16.7. The van der Waals surface area contributed by atoms with E-state index in [2.05, 4.69) is 28.6 Å². The molecule has 1 amide bonds. The molecule has 1 heterocycles. The number of para-hydroxylation sites is 1. The second kappa shape index (κ2) is 8.11. The van der Waals surface area contributed by atoms with Gasteiger partial charge in [-0.05, 0) is 35.7 Å². The van der Waals surface area contributed by atoms with E-state index in [1.54, 1.807) is 12.3 Å². The van der Waals surface area contributed by atoms with Crippen LogP contribution in [0.4, 0.5) is 17.2 Å². The molecule has 0 bridgehead atoms. The van der Waals surface area contributed by atoms with E-state index in [9.17, 15) is 4.79 Å². The molecule has 3 aromatic rings. The van der Waals surface area contributed by atoms with Crippen molar-refractivity contribution < 1.29 is 4.79 Å². The second-order valence-electron chi connectivity index (χ2n) is 5.78. The molecule has 0 unspecified atom stereocenters. The van der Waals surface area contributed by atoms with Crippen molar-refractivity contribution in [2.75, 3.05) is 10.6 Å². The zero-order valence-corrected chi connectivity index (χ0v) is 14.2. The van der Waals surface area contributed by atoms with E-state index in [4.69, 9.17) is 0 Å². The van der Waals surface area contributed by atoms with Gasteiger partial charge >= 0.3 is 0 Å². The van der Waals surface area contributed by atoms with E-state index < -0.39 is 0 Å². The van der Waals surface area contributed by atoms with E-state index >= 15 is 0 Å². The number of aromatic nitrogens is 1. The lowest BCUT2D eigenvalue weighted by Gasteiger charge is -2.11. The highest BCUT2D eigenvalue weighted by molar-refractivity contribution is 5.91. The fraction of sp³-hybridized carbons (Fsp3) is 0.143. The largest absolute Gasteiger partial charge is 0.354 e. The van der Waals surface area contributed by atoms with Gasteiger partial charge in [0.1, 0.15) is 5.82 Å². The Morgan fingerprint density at radius 3 is 2.44 bits per heavy atom. The fourth-order valence-corrected chi connectivity index (χ4v) is 2.62. The Morgan fingerprint density at radius 1 is 0.960 bits per heavy atom. The van der Waals surface area contributed by atoms with Crippen LogP contribution in [0.2, 0.25) is 0 Å². The highest BCUT2D eigenvalue weighted by Crippen LogP contribution is 2.21. The van der Waals surface area contributed by atoms with Gasteiger partial charge in [0, 0.05) is 5.69 Å². The van der Waals surface area contributed by atoms with Gasteiger partial charge in [0.15, 0.2) is 0 Å². The summed E-state index contributed by atoms with van der Waals surface area (Å²) in [6.07, 6.45) is 3.03. The zero-order chi connectivity index (χ0) is 17.5. The lowest BCUT2D eigenvalue weighted by molar-refractivity contribution is -0.115. The molecule has 0 aliphatic rings. The molecule has 0 spiro atoms. The maximum absolute atomic E-state index is 12.1. The summed E-state index contributed by atoms with van der Waals surface area (Å²) in [6, 6.07) is 21.6. The molecule has 3 rings (SSSR count). The Bertz CT molecular complexity index is 829. The predicted octanol–water partition coefficient (Wildman–Crippen LogP) is 4.57. The molecule has 1 aromatic heterocycles. The third-order valence-corrected chi connectivity index (χ3v) is 3.92. The molecular formula is C21H21N3O. The Hall–Kier alpha value is -3.14. The predicted molar refractivity (Wildman–Crippen MR) is 102 cm³/mol. The number of benzene rings is 2. The molecule has 4 nitrogen and oxygen atoms in total. The number of amides is 1. The maximum Gasteiger partial charge on any atom is 0.229 e. The molecule has 4 heteroatoms. The maximum atomic E-state index is 12.1. The zero-order valence-electron chi connectivity index (χ0n) is 14.2. The standard InChI is InChI=1S/C21H21N3O/c1-2-17-10-6-7-11-19(17)23-18-12-13-20(22-15-18)24-21(25)14-16-8-4-3-5-9-16/h3-13,15,23H,2,14H2,1H3,(H,22,24,25). The van der Waals surface area contributed by atoms with Gasteiger partial charge in [0.25, 0.3) is 0 Å². The van der Waals surface area contributed by atoms with Crippen LogP contribution in [-0.4, -0.2) is 10.9 Å². The van der Waals surface area contributed by atoms with E-state index in [1.165, 1.54) is 5.56 Å². The van der Waals surface area contributed by atoms with Gasteiger partial charge in [-0.1, -0.05) is 55.5 Å². The van der Waals surface area contributed by atoms with Gasteiger partial charge in [-0.2, -0.15) is 0 Å². The number of nitrogens with one attached hydrogen (secondary N) is 2. The lowest BCUT2D eigenvalue weighted by Crippen LogP contribution is -2.15. The summed E-state index contributed by atoms with van der Waals surface area (Å²) in [5.41, 5.74) is 4.20. The van der Waals surface area contributed by atoms with Gasteiger partial charge in [-0.25, -0.2) is 4.98 Å². The molecular weight excluding hydrogens is 310 g/mol. The van der Waals surface area contributed by atoms with Crippen LogP contribution in [0.5, 0.6) is 0 Å². The minimum Gasteiger partial charge on any atom is -0.354 e. The van der Waals surface area contributed by atoms with E-state index in [-0.39, 0.29) is 5.91 Å². The first-order valence-electron chi connectivity index (χ1n) is 8.39. The molecule has 0 fully saturated rings. The van der Waals surface area contributed by atoms with Crippen molar-refractivity contribution in [3.8, 4) is 0 Å². The van der Waals surface area contributed by atoms with Gasteiger partial charge < -0.3 is 10.6 Å². The number of anilines is 3. The SMILES string of the molecule is CCc1ccccc1Nc1ccc(NC(=O)Cc2ccccc2)nc1. The normalized spacial score (nSPS) is 10.3. The molecule has 0 atom stereocenters. The van der Waals surface area contributed by atoms with Crippen molar-refractivity contribution in [1.29, 1.82) is 0 Å². The summed E-state index contributed by atoms with van der Waals surface area (Å²) in [6.45, 7) is 2.13. The van der Waals surface area contributed by atoms with E-state index in [0.29, 0.717) is 12.2 Å². The average molecular weight is 331 g/mol. The third kappa shape index (κ3) is 4.67. The minimum atomic E-state index is -0.0734. The van der Waals surface area contributed by atoms with Gasteiger partial charge in [-0.15, -0.1) is 0 Å². The Balaban J connectivity index is 1.61. The molecule has 0 saturated heterocycles. The summed E-state index contributed by atoms with van der Waals surface area (Å²) >= 11 is 0. The Labute approximate surface area is 147 Å². The van der Waals surface area contributed by atoms with E-state index in [0.717, 1.165) is 23.4 Å². The van der Waals surface area contributed by atoms with Gasteiger partial charge in [0.2, 0.25) is 5.91 Å². The van der Waals surface area contributed by atoms with Crippen molar-refractivity contribution in [1.82, 2.24) is 4.98 Å².